The lowest BCUT2D eigenvalue weighted by Gasteiger charge is -2.21. The first-order chi connectivity index (χ1) is 8.03. The van der Waals surface area contributed by atoms with Gasteiger partial charge in [-0.15, -0.1) is 0 Å². The van der Waals surface area contributed by atoms with E-state index in [-0.39, 0.29) is 0 Å². The minimum absolute atomic E-state index is 0.403. The van der Waals surface area contributed by atoms with Crippen molar-refractivity contribution in [2.24, 2.45) is 0 Å². The van der Waals surface area contributed by atoms with Crippen molar-refractivity contribution < 1.29 is 14.6 Å². The number of aliphatic hydroxyl groups is 1. The molecule has 5 heteroatoms. The summed E-state index contributed by atoms with van der Waals surface area (Å²) < 4.78 is 4.72. The highest BCUT2D eigenvalue weighted by molar-refractivity contribution is 5.94. The Hall–Kier alpha value is -1.62. The largest absolute Gasteiger partial charge is 0.465 e. The van der Waals surface area contributed by atoms with Gasteiger partial charge < -0.3 is 14.7 Å². The molecule has 1 aromatic rings. The fourth-order valence-electron chi connectivity index (χ4n) is 2.04. The summed E-state index contributed by atoms with van der Waals surface area (Å²) in [4.78, 5) is 17.7. The smallest absolute Gasteiger partial charge is 0.341 e. The third-order valence-electron chi connectivity index (χ3n) is 2.94. The molecule has 0 spiro atoms. The van der Waals surface area contributed by atoms with Crippen LogP contribution in [0.25, 0.3) is 0 Å². The quantitative estimate of drug-likeness (QED) is 0.771. The van der Waals surface area contributed by atoms with Crippen LogP contribution in [-0.2, 0) is 4.74 Å². The summed E-state index contributed by atoms with van der Waals surface area (Å²) in [5.74, 6) is 0.178. The molecule has 17 heavy (non-hydrogen) atoms. The van der Waals surface area contributed by atoms with Crippen molar-refractivity contribution in [3.63, 3.8) is 0 Å². The van der Waals surface area contributed by atoms with E-state index in [4.69, 9.17) is 4.74 Å². The van der Waals surface area contributed by atoms with Gasteiger partial charge in [0.05, 0.1) is 12.7 Å². The second-order valence-corrected chi connectivity index (χ2v) is 4.53. The van der Waals surface area contributed by atoms with E-state index in [0.717, 1.165) is 0 Å². The van der Waals surface area contributed by atoms with E-state index in [1.54, 1.807) is 25.3 Å². The highest BCUT2D eigenvalue weighted by Gasteiger charge is 2.33. The number of hydrogen-bond acceptors (Lipinski definition) is 5. The van der Waals surface area contributed by atoms with E-state index in [0.29, 0.717) is 30.9 Å². The molecule has 1 aliphatic rings. The summed E-state index contributed by atoms with van der Waals surface area (Å²) in [6.07, 6.45) is 2.30. The Labute approximate surface area is 100 Å². The van der Waals surface area contributed by atoms with Gasteiger partial charge >= 0.3 is 5.97 Å². The number of rotatable bonds is 2. The first-order valence-electron chi connectivity index (χ1n) is 5.54. The number of anilines is 1. The molecule has 0 aromatic carbocycles. The van der Waals surface area contributed by atoms with Gasteiger partial charge in [-0.25, -0.2) is 9.78 Å². The Balaban J connectivity index is 2.30. The minimum Gasteiger partial charge on any atom is -0.465 e. The maximum atomic E-state index is 11.6. The zero-order chi connectivity index (χ0) is 12.5. The van der Waals surface area contributed by atoms with Crippen LogP contribution in [-0.4, -0.2) is 41.9 Å². The number of nitrogens with zero attached hydrogens (tertiary/aromatic N) is 2. The Morgan fingerprint density at radius 3 is 3.00 bits per heavy atom. The van der Waals surface area contributed by atoms with Gasteiger partial charge in [-0.2, -0.15) is 0 Å². The van der Waals surface area contributed by atoms with Crippen molar-refractivity contribution in [2.45, 2.75) is 18.9 Å². The monoisotopic (exact) mass is 236 g/mol. The molecule has 1 N–H and O–H groups in total. The predicted molar refractivity (Wildman–Crippen MR) is 63.0 cm³/mol. The molecule has 1 saturated heterocycles. The molecule has 2 rings (SSSR count). The van der Waals surface area contributed by atoms with Gasteiger partial charge in [-0.3, -0.25) is 0 Å². The number of pyridine rings is 1. The summed E-state index contributed by atoms with van der Waals surface area (Å²) in [6.45, 7) is 2.95. The van der Waals surface area contributed by atoms with E-state index in [2.05, 4.69) is 4.98 Å². The second kappa shape index (κ2) is 4.33. The highest BCUT2D eigenvalue weighted by atomic mass is 16.5. The van der Waals surface area contributed by atoms with E-state index in [1.165, 1.54) is 7.11 Å². The van der Waals surface area contributed by atoms with Gasteiger partial charge in [-0.1, -0.05) is 0 Å². The number of carbonyl (C=O) groups is 1. The minimum atomic E-state index is -0.717. The van der Waals surface area contributed by atoms with Gasteiger partial charge in [0.2, 0.25) is 0 Å². The van der Waals surface area contributed by atoms with E-state index >= 15 is 0 Å². The summed E-state index contributed by atoms with van der Waals surface area (Å²) in [7, 11) is 1.35. The topological polar surface area (TPSA) is 62.7 Å². The molecular formula is C12H16N2O3. The van der Waals surface area contributed by atoms with Crippen molar-refractivity contribution in [2.75, 3.05) is 25.1 Å². The fourth-order valence-corrected chi connectivity index (χ4v) is 2.04. The molecule has 0 bridgehead atoms. The standard InChI is InChI=1S/C12H16N2O3/c1-12(16)5-7-14(8-12)10-9(11(15)17-2)4-3-6-13-10/h3-4,6,16H,5,7-8H2,1-2H3. The van der Waals surface area contributed by atoms with Crippen LogP contribution in [0.15, 0.2) is 18.3 Å². The molecule has 92 valence electrons. The lowest BCUT2D eigenvalue weighted by atomic mass is 10.1. The normalized spacial score (nSPS) is 23.8. The zero-order valence-corrected chi connectivity index (χ0v) is 10.0. The lowest BCUT2D eigenvalue weighted by Crippen LogP contribution is -2.31. The van der Waals surface area contributed by atoms with Crippen molar-refractivity contribution in [1.29, 1.82) is 0 Å². The van der Waals surface area contributed by atoms with Crippen molar-refractivity contribution in [3.8, 4) is 0 Å². The first kappa shape index (κ1) is 11.9. The first-order valence-corrected chi connectivity index (χ1v) is 5.54. The molecule has 1 aromatic heterocycles. The molecule has 1 unspecified atom stereocenters. The van der Waals surface area contributed by atoms with Gasteiger partial charge in [-0.05, 0) is 25.5 Å². The van der Waals surface area contributed by atoms with Gasteiger partial charge in [0.1, 0.15) is 11.4 Å². The number of hydrogen-bond donors (Lipinski definition) is 1. The molecule has 0 saturated carbocycles. The van der Waals surface area contributed by atoms with Crippen LogP contribution >= 0.6 is 0 Å². The predicted octanol–water partition coefficient (Wildman–Crippen LogP) is 0.829. The van der Waals surface area contributed by atoms with Crippen LogP contribution in [0.3, 0.4) is 0 Å². The SMILES string of the molecule is COC(=O)c1cccnc1N1CCC(C)(O)C1. The Morgan fingerprint density at radius 2 is 2.41 bits per heavy atom. The van der Waals surface area contributed by atoms with Crippen molar-refractivity contribution in [3.05, 3.63) is 23.9 Å². The third kappa shape index (κ3) is 2.39. The van der Waals surface area contributed by atoms with Crippen LogP contribution in [0.4, 0.5) is 5.82 Å². The maximum Gasteiger partial charge on any atom is 0.341 e. The van der Waals surface area contributed by atoms with Crippen molar-refractivity contribution >= 4 is 11.8 Å². The van der Waals surface area contributed by atoms with E-state index in [1.807, 2.05) is 4.90 Å². The number of ether oxygens (including phenoxy) is 1. The van der Waals surface area contributed by atoms with Gasteiger partial charge in [0.15, 0.2) is 0 Å². The molecule has 1 atom stereocenters. The van der Waals surface area contributed by atoms with E-state index < -0.39 is 11.6 Å². The highest BCUT2D eigenvalue weighted by Crippen LogP contribution is 2.27. The van der Waals surface area contributed by atoms with Gasteiger partial charge in [0.25, 0.3) is 0 Å². The van der Waals surface area contributed by atoms with Gasteiger partial charge in [0, 0.05) is 19.3 Å². The van der Waals surface area contributed by atoms with Crippen molar-refractivity contribution in [1.82, 2.24) is 4.98 Å². The van der Waals surface area contributed by atoms with Crippen LogP contribution < -0.4 is 4.90 Å². The fraction of sp³-hybridized carbons (Fsp3) is 0.500. The van der Waals surface area contributed by atoms with Crippen LogP contribution in [0, 0.1) is 0 Å². The lowest BCUT2D eigenvalue weighted by molar-refractivity contribution is 0.0600. The Bertz CT molecular complexity index is 432. The molecule has 0 radical (unpaired) electrons. The average Bonchev–Trinajstić information content (AvgIpc) is 2.68. The maximum absolute atomic E-state index is 11.6. The number of β-amino-alcohol motifs (C(OH)–C–C–N with tert-alkyl or cyclic N) is 1. The number of aromatic nitrogens is 1. The molecule has 2 heterocycles. The summed E-state index contributed by atoms with van der Waals surface area (Å²) in [5, 5.41) is 9.93. The molecule has 0 aliphatic carbocycles. The molecule has 5 nitrogen and oxygen atoms in total. The molecular weight excluding hydrogens is 220 g/mol. The molecule has 1 fully saturated rings. The summed E-state index contributed by atoms with van der Waals surface area (Å²) in [5.41, 5.74) is -0.280. The van der Waals surface area contributed by atoms with Crippen LogP contribution in [0.1, 0.15) is 23.7 Å². The Kier molecular flexibility index (Phi) is 3.02. The number of carbonyl (C=O) groups excluding carboxylic acids is 1. The van der Waals surface area contributed by atoms with Crippen LogP contribution in [0.5, 0.6) is 0 Å². The third-order valence-corrected chi connectivity index (χ3v) is 2.94. The number of esters is 1. The average molecular weight is 236 g/mol. The zero-order valence-electron chi connectivity index (χ0n) is 10.0. The number of methoxy groups -OCH3 is 1. The summed E-state index contributed by atoms with van der Waals surface area (Å²) >= 11 is 0. The summed E-state index contributed by atoms with van der Waals surface area (Å²) in [6, 6.07) is 3.38. The second-order valence-electron chi connectivity index (χ2n) is 4.53. The van der Waals surface area contributed by atoms with Crippen LogP contribution in [0.2, 0.25) is 0 Å². The molecule has 1 aliphatic heterocycles. The Morgan fingerprint density at radius 1 is 1.65 bits per heavy atom. The van der Waals surface area contributed by atoms with E-state index in [9.17, 15) is 9.90 Å². The molecule has 0 amide bonds.